The number of para-hydroxylation sites is 1. The summed E-state index contributed by atoms with van der Waals surface area (Å²) in [5.74, 6) is 2.49. The molecular weight excluding hydrogens is 479 g/mol. The molecule has 1 aromatic carbocycles. The van der Waals surface area contributed by atoms with Gasteiger partial charge >= 0.3 is 0 Å². The fourth-order valence-corrected chi connectivity index (χ4v) is 3.92. The maximum atomic E-state index is 6.32. The van der Waals surface area contributed by atoms with Gasteiger partial charge in [-0.05, 0) is 51.1 Å². The van der Waals surface area contributed by atoms with Gasteiger partial charge in [0.05, 0.1) is 13.2 Å². The number of nitrogens with one attached hydrogen (secondary N) is 2. The number of methoxy groups -OCH3 is 1. The van der Waals surface area contributed by atoms with E-state index in [1.54, 1.807) is 7.11 Å². The first-order chi connectivity index (χ1) is 13.7. The summed E-state index contributed by atoms with van der Waals surface area (Å²) in [5, 5.41) is 6.86. The summed E-state index contributed by atoms with van der Waals surface area (Å²) in [6.07, 6.45) is 7.75. The molecule has 0 atom stereocenters. The van der Waals surface area contributed by atoms with Gasteiger partial charge in [-0.1, -0.05) is 19.1 Å². The Labute approximate surface area is 192 Å². The number of ether oxygens (including phenoxy) is 2. The Morgan fingerprint density at radius 1 is 1.17 bits per heavy atom. The summed E-state index contributed by atoms with van der Waals surface area (Å²) in [6, 6.07) is 6.88. The molecule has 0 aliphatic heterocycles. The molecule has 0 radical (unpaired) electrons. The fraction of sp³-hybridized carbons (Fsp3) is 0.682. The van der Waals surface area contributed by atoms with Crippen LogP contribution in [0.5, 0.6) is 11.5 Å². The predicted molar refractivity (Wildman–Crippen MR) is 130 cm³/mol. The maximum Gasteiger partial charge on any atom is 0.191 e. The van der Waals surface area contributed by atoms with Gasteiger partial charge < -0.3 is 20.1 Å². The lowest BCUT2D eigenvalue weighted by Gasteiger charge is -2.22. The fourth-order valence-electron chi connectivity index (χ4n) is 3.92. The average Bonchev–Trinajstić information content (AvgIpc) is 3.44. The van der Waals surface area contributed by atoms with Crippen LogP contribution in [-0.4, -0.2) is 56.8 Å². The quantitative estimate of drug-likeness (QED) is 0.282. The van der Waals surface area contributed by atoms with Crippen LogP contribution >= 0.6 is 24.0 Å². The SMILES string of the molecule is CCN(CCNC(=NC)NCc1cccc(OC)c1OC1CCCC1)C1CC1.I. The Kier molecular flexibility index (Phi) is 10.3. The van der Waals surface area contributed by atoms with Crippen LogP contribution in [0.3, 0.4) is 0 Å². The van der Waals surface area contributed by atoms with Crippen molar-refractivity contribution in [1.82, 2.24) is 15.5 Å². The molecule has 0 unspecified atom stereocenters. The van der Waals surface area contributed by atoms with Crippen LogP contribution in [0.1, 0.15) is 51.0 Å². The maximum absolute atomic E-state index is 6.32. The van der Waals surface area contributed by atoms with Gasteiger partial charge in [0, 0.05) is 38.3 Å². The third-order valence-corrected chi connectivity index (χ3v) is 5.70. The molecule has 0 spiro atoms. The van der Waals surface area contributed by atoms with Crippen LogP contribution in [-0.2, 0) is 6.54 Å². The first kappa shape index (κ1) is 24.1. The molecule has 7 heteroatoms. The van der Waals surface area contributed by atoms with E-state index >= 15 is 0 Å². The minimum absolute atomic E-state index is 0. The number of aliphatic imine (C=N–C) groups is 1. The zero-order valence-corrected chi connectivity index (χ0v) is 20.4. The van der Waals surface area contributed by atoms with Crippen LogP contribution in [0.15, 0.2) is 23.2 Å². The number of guanidine groups is 1. The zero-order chi connectivity index (χ0) is 19.8. The molecule has 0 bridgehead atoms. The second-order valence-corrected chi connectivity index (χ2v) is 7.69. The summed E-state index contributed by atoms with van der Waals surface area (Å²) in [5.41, 5.74) is 1.10. The number of hydrogen-bond acceptors (Lipinski definition) is 4. The number of hydrogen-bond donors (Lipinski definition) is 2. The lowest BCUT2D eigenvalue weighted by molar-refractivity contribution is 0.198. The van der Waals surface area contributed by atoms with Gasteiger partial charge in [-0.15, -0.1) is 24.0 Å². The van der Waals surface area contributed by atoms with E-state index in [4.69, 9.17) is 9.47 Å². The molecule has 2 fully saturated rings. The van der Waals surface area contributed by atoms with Gasteiger partial charge in [0.15, 0.2) is 17.5 Å². The lowest BCUT2D eigenvalue weighted by Crippen LogP contribution is -2.41. The van der Waals surface area contributed by atoms with Crippen LogP contribution in [0, 0.1) is 0 Å². The molecule has 6 nitrogen and oxygen atoms in total. The Hall–Kier alpha value is -1.22. The van der Waals surface area contributed by atoms with Crippen LogP contribution in [0.2, 0.25) is 0 Å². The van der Waals surface area contributed by atoms with Gasteiger partial charge in [-0.3, -0.25) is 9.89 Å². The van der Waals surface area contributed by atoms with E-state index in [1.165, 1.54) is 25.7 Å². The highest BCUT2D eigenvalue weighted by Gasteiger charge is 2.27. The molecule has 2 aliphatic carbocycles. The summed E-state index contributed by atoms with van der Waals surface area (Å²) >= 11 is 0. The lowest BCUT2D eigenvalue weighted by atomic mass is 10.1. The minimum Gasteiger partial charge on any atom is -0.493 e. The van der Waals surface area contributed by atoms with E-state index in [1.807, 2.05) is 19.2 Å². The second kappa shape index (κ2) is 12.5. The third kappa shape index (κ3) is 7.20. The van der Waals surface area contributed by atoms with E-state index in [2.05, 4.69) is 33.5 Å². The number of benzene rings is 1. The third-order valence-electron chi connectivity index (χ3n) is 5.70. The van der Waals surface area contributed by atoms with E-state index < -0.39 is 0 Å². The number of rotatable bonds is 10. The molecule has 1 aromatic rings. The van der Waals surface area contributed by atoms with E-state index in [0.717, 1.165) is 61.5 Å². The van der Waals surface area contributed by atoms with Crippen LogP contribution in [0.4, 0.5) is 0 Å². The Bertz CT molecular complexity index is 646. The smallest absolute Gasteiger partial charge is 0.191 e. The summed E-state index contributed by atoms with van der Waals surface area (Å²) < 4.78 is 11.9. The van der Waals surface area contributed by atoms with Crippen molar-refractivity contribution >= 4 is 29.9 Å². The Morgan fingerprint density at radius 3 is 2.55 bits per heavy atom. The van der Waals surface area contributed by atoms with Crippen LogP contribution in [0.25, 0.3) is 0 Å². The van der Waals surface area contributed by atoms with Crippen LogP contribution < -0.4 is 20.1 Å². The van der Waals surface area contributed by atoms with Crippen molar-refractivity contribution in [3.63, 3.8) is 0 Å². The molecule has 2 aliphatic rings. The van der Waals surface area contributed by atoms with Gasteiger partial charge in [0.1, 0.15) is 0 Å². The number of halogens is 1. The normalized spacial score (nSPS) is 17.2. The summed E-state index contributed by atoms with van der Waals surface area (Å²) in [7, 11) is 3.52. The van der Waals surface area contributed by atoms with Crippen molar-refractivity contribution in [2.24, 2.45) is 4.99 Å². The van der Waals surface area contributed by atoms with Gasteiger partial charge in [-0.25, -0.2) is 0 Å². The first-order valence-corrected chi connectivity index (χ1v) is 10.8. The average molecular weight is 516 g/mol. The van der Waals surface area contributed by atoms with Crippen molar-refractivity contribution in [3.05, 3.63) is 23.8 Å². The van der Waals surface area contributed by atoms with E-state index in [0.29, 0.717) is 12.6 Å². The Balaban J connectivity index is 0.00000300. The zero-order valence-electron chi connectivity index (χ0n) is 18.1. The van der Waals surface area contributed by atoms with E-state index in [9.17, 15) is 0 Å². The molecule has 3 rings (SSSR count). The topological polar surface area (TPSA) is 58.1 Å². The predicted octanol–water partition coefficient (Wildman–Crippen LogP) is 3.78. The van der Waals surface area contributed by atoms with E-state index in [-0.39, 0.29) is 24.0 Å². The number of likely N-dealkylation sites (N-methyl/N-ethyl adjacent to an activating group) is 1. The summed E-state index contributed by atoms with van der Waals surface area (Å²) in [4.78, 5) is 6.90. The van der Waals surface area contributed by atoms with Gasteiger partial charge in [0.2, 0.25) is 0 Å². The molecular formula is C22H37IN4O2. The standard InChI is InChI=1S/C22H36N4O2.HI/c1-4-26(18-12-13-18)15-14-24-22(23-2)25-16-17-8-7-11-20(27-3)21(17)28-19-9-5-6-10-19;/h7-8,11,18-19H,4-6,9-10,12-16H2,1-3H3,(H2,23,24,25);1H. The highest BCUT2D eigenvalue weighted by Crippen LogP contribution is 2.34. The molecule has 0 aromatic heterocycles. The molecule has 164 valence electrons. The largest absolute Gasteiger partial charge is 0.493 e. The highest BCUT2D eigenvalue weighted by molar-refractivity contribution is 14.0. The molecule has 0 saturated heterocycles. The second-order valence-electron chi connectivity index (χ2n) is 7.69. The van der Waals surface area contributed by atoms with Gasteiger partial charge in [-0.2, -0.15) is 0 Å². The Morgan fingerprint density at radius 2 is 1.93 bits per heavy atom. The van der Waals surface area contributed by atoms with Crippen molar-refractivity contribution in [2.45, 2.75) is 64.1 Å². The molecule has 2 N–H and O–H groups in total. The first-order valence-electron chi connectivity index (χ1n) is 10.8. The van der Waals surface area contributed by atoms with Crippen molar-refractivity contribution in [1.29, 1.82) is 0 Å². The van der Waals surface area contributed by atoms with Crippen molar-refractivity contribution in [2.75, 3.05) is 33.8 Å². The van der Waals surface area contributed by atoms with Crippen molar-refractivity contribution < 1.29 is 9.47 Å². The molecule has 0 amide bonds. The minimum atomic E-state index is 0. The van der Waals surface area contributed by atoms with Gasteiger partial charge in [0.25, 0.3) is 0 Å². The molecule has 2 saturated carbocycles. The molecule has 0 heterocycles. The molecule has 29 heavy (non-hydrogen) atoms. The summed E-state index contributed by atoms with van der Waals surface area (Å²) in [6.45, 7) is 5.95. The monoisotopic (exact) mass is 516 g/mol. The van der Waals surface area contributed by atoms with Crippen molar-refractivity contribution in [3.8, 4) is 11.5 Å². The number of nitrogens with zero attached hydrogens (tertiary/aromatic N) is 2. The highest BCUT2D eigenvalue weighted by atomic mass is 127.